The van der Waals surface area contributed by atoms with Crippen LogP contribution in [0, 0.1) is 5.92 Å². The summed E-state index contributed by atoms with van der Waals surface area (Å²) in [6.45, 7) is 5.19. The normalized spacial score (nSPS) is 19.8. The van der Waals surface area contributed by atoms with Crippen LogP contribution in [0.2, 0.25) is 0 Å². The van der Waals surface area contributed by atoms with Gasteiger partial charge >= 0.3 is 0 Å². The van der Waals surface area contributed by atoms with Gasteiger partial charge in [0.25, 0.3) is 10.2 Å². The van der Waals surface area contributed by atoms with Gasteiger partial charge < -0.3 is 5.32 Å². The third-order valence-corrected chi connectivity index (χ3v) is 5.45. The zero-order valence-corrected chi connectivity index (χ0v) is 13.4. The molecule has 1 fully saturated rings. The van der Waals surface area contributed by atoms with Crippen LogP contribution in [0.4, 0.5) is 0 Å². The molecule has 0 aromatic heterocycles. The summed E-state index contributed by atoms with van der Waals surface area (Å²) < 4.78 is 29.0. The van der Waals surface area contributed by atoms with Gasteiger partial charge in [-0.05, 0) is 37.4 Å². The average molecular weight is 311 g/mol. The van der Waals surface area contributed by atoms with Gasteiger partial charge in [-0.1, -0.05) is 37.3 Å². The van der Waals surface area contributed by atoms with E-state index in [0.717, 1.165) is 31.5 Å². The first-order chi connectivity index (χ1) is 10.1. The van der Waals surface area contributed by atoms with E-state index in [1.165, 1.54) is 4.31 Å². The fourth-order valence-corrected chi connectivity index (χ4v) is 3.85. The predicted molar refractivity (Wildman–Crippen MR) is 85.0 cm³/mol. The Labute approximate surface area is 127 Å². The molecule has 1 unspecified atom stereocenters. The second kappa shape index (κ2) is 7.89. The first kappa shape index (κ1) is 16.4. The number of nitrogens with one attached hydrogen (secondary N) is 2. The Morgan fingerprint density at radius 1 is 1.33 bits per heavy atom. The molecular weight excluding hydrogens is 286 g/mol. The molecule has 1 aliphatic heterocycles. The lowest BCUT2D eigenvalue weighted by molar-refractivity contribution is 0.364. The molecule has 0 amide bonds. The van der Waals surface area contributed by atoms with Gasteiger partial charge in [-0.3, -0.25) is 0 Å². The standard InChI is InChI=1S/C15H25N3O2S/c1-2-18(13-14-7-4-3-5-8-14)21(19,20)17-12-15-9-6-10-16-11-15/h3-5,7-8,15-17H,2,6,9-13H2,1H3. The summed E-state index contributed by atoms with van der Waals surface area (Å²) in [5.74, 6) is 0.393. The first-order valence-electron chi connectivity index (χ1n) is 7.61. The zero-order chi connectivity index (χ0) is 15.1. The molecule has 0 spiro atoms. The Hall–Kier alpha value is -0.950. The molecule has 1 aliphatic rings. The quantitative estimate of drug-likeness (QED) is 0.799. The highest BCUT2D eigenvalue weighted by Gasteiger charge is 2.22. The largest absolute Gasteiger partial charge is 0.316 e. The van der Waals surface area contributed by atoms with Crippen LogP contribution in [-0.4, -0.2) is 38.9 Å². The molecule has 0 aliphatic carbocycles. The topological polar surface area (TPSA) is 61.4 Å². The third-order valence-electron chi connectivity index (χ3n) is 3.85. The van der Waals surface area contributed by atoms with E-state index < -0.39 is 10.2 Å². The van der Waals surface area contributed by atoms with Crippen LogP contribution < -0.4 is 10.0 Å². The lowest BCUT2D eigenvalue weighted by Gasteiger charge is -2.25. The van der Waals surface area contributed by atoms with Crippen LogP contribution in [0.15, 0.2) is 30.3 Å². The average Bonchev–Trinajstić information content (AvgIpc) is 2.52. The number of rotatable bonds is 7. The Kier molecular flexibility index (Phi) is 6.17. The second-order valence-electron chi connectivity index (χ2n) is 5.48. The summed E-state index contributed by atoms with van der Waals surface area (Å²) in [5.41, 5.74) is 1.00. The number of nitrogens with zero attached hydrogens (tertiary/aromatic N) is 1. The van der Waals surface area contributed by atoms with E-state index in [9.17, 15) is 8.42 Å². The van der Waals surface area contributed by atoms with Crippen molar-refractivity contribution < 1.29 is 8.42 Å². The highest BCUT2D eigenvalue weighted by Crippen LogP contribution is 2.11. The summed E-state index contributed by atoms with van der Waals surface area (Å²) in [5, 5.41) is 3.31. The maximum Gasteiger partial charge on any atom is 0.279 e. The van der Waals surface area contributed by atoms with Crippen molar-refractivity contribution in [3.63, 3.8) is 0 Å². The Bertz CT molecular complexity index is 513. The van der Waals surface area contributed by atoms with Gasteiger partial charge in [-0.25, -0.2) is 4.72 Å². The predicted octanol–water partition coefficient (Wildman–Crippen LogP) is 1.34. The Morgan fingerprint density at radius 3 is 2.71 bits per heavy atom. The van der Waals surface area contributed by atoms with Gasteiger partial charge in [0.15, 0.2) is 0 Å². The van der Waals surface area contributed by atoms with Crippen molar-refractivity contribution in [3.05, 3.63) is 35.9 Å². The monoisotopic (exact) mass is 311 g/mol. The second-order valence-corrected chi connectivity index (χ2v) is 7.23. The van der Waals surface area contributed by atoms with Gasteiger partial charge in [0.05, 0.1) is 0 Å². The highest BCUT2D eigenvalue weighted by atomic mass is 32.2. The van der Waals surface area contributed by atoms with Crippen LogP contribution in [0.5, 0.6) is 0 Å². The van der Waals surface area contributed by atoms with Crippen LogP contribution in [0.25, 0.3) is 0 Å². The van der Waals surface area contributed by atoms with Crippen LogP contribution in [0.3, 0.4) is 0 Å². The van der Waals surface area contributed by atoms with Crippen LogP contribution in [-0.2, 0) is 16.8 Å². The van der Waals surface area contributed by atoms with Gasteiger partial charge in [0.1, 0.15) is 0 Å². The molecule has 1 saturated heterocycles. The molecule has 0 bridgehead atoms. The third kappa shape index (κ3) is 5.07. The fourth-order valence-electron chi connectivity index (χ4n) is 2.57. The molecule has 118 valence electrons. The maximum atomic E-state index is 12.4. The molecular formula is C15H25N3O2S. The smallest absolute Gasteiger partial charge is 0.279 e. The van der Waals surface area contributed by atoms with Crippen molar-refractivity contribution in [1.29, 1.82) is 0 Å². The summed E-state index contributed by atoms with van der Waals surface area (Å²) in [7, 11) is -3.41. The highest BCUT2D eigenvalue weighted by molar-refractivity contribution is 7.87. The summed E-state index contributed by atoms with van der Waals surface area (Å²) in [6, 6.07) is 9.68. The Balaban J connectivity index is 1.92. The van der Waals surface area contributed by atoms with Crippen LogP contribution in [0.1, 0.15) is 25.3 Å². The van der Waals surface area contributed by atoms with E-state index >= 15 is 0 Å². The molecule has 2 N–H and O–H groups in total. The van der Waals surface area contributed by atoms with Crippen molar-refractivity contribution >= 4 is 10.2 Å². The first-order valence-corrected chi connectivity index (χ1v) is 9.05. The molecule has 1 aromatic rings. The van der Waals surface area contributed by atoms with Crippen molar-refractivity contribution in [2.45, 2.75) is 26.3 Å². The zero-order valence-electron chi connectivity index (χ0n) is 12.6. The lowest BCUT2D eigenvalue weighted by Crippen LogP contribution is -2.44. The van der Waals surface area contributed by atoms with Crippen molar-refractivity contribution in [2.75, 3.05) is 26.2 Å². The molecule has 1 atom stereocenters. The van der Waals surface area contributed by atoms with Gasteiger partial charge in [-0.2, -0.15) is 12.7 Å². The minimum absolute atomic E-state index is 0.393. The summed E-state index contributed by atoms with van der Waals surface area (Å²) in [6.07, 6.45) is 2.20. The van der Waals surface area contributed by atoms with Crippen molar-refractivity contribution in [2.24, 2.45) is 5.92 Å². The minimum atomic E-state index is -3.41. The summed E-state index contributed by atoms with van der Waals surface area (Å²) >= 11 is 0. The van der Waals surface area contributed by atoms with E-state index in [0.29, 0.717) is 25.6 Å². The number of hydrogen-bond donors (Lipinski definition) is 2. The van der Waals surface area contributed by atoms with E-state index in [-0.39, 0.29) is 0 Å². The number of piperidine rings is 1. The van der Waals surface area contributed by atoms with E-state index in [2.05, 4.69) is 10.0 Å². The maximum absolute atomic E-state index is 12.4. The SMILES string of the molecule is CCN(Cc1ccccc1)S(=O)(=O)NCC1CCCNC1. The fraction of sp³-hybridized carbons (Fsp3) is 0.600. The Morgan fingerprint density at radius 2 is 2.10 bits per heavy atom. The van der Waals surface area contributed by atoms with E-state index in [1.54, 1.807) is 0 Å². The van der Waals surface area contributed by atoms with Crippen molar-refractivity contribution in [3.8, 4) is 0 Å². The molecule has 21 heavy (non-hydrogen) atoms. The van der Waals surface area contributed by atoms with E-state index in [4.69, 9.17) is 0 Å². The molecule has 0 radical (unpaired) electrons. The minimum Gasteiger partial charge on any atom is -0.316 e. The molecule has 2 rings (SSSR count). The van der Waals surface area contributed by atoms with Gasteiger partial charge in [-0.15, -0.1) is 0 Å². The molecule has 1 aromatic carbocycles. The molecule has 1 heterocycles. The van der Waals surface area contributed by atoms with Gasteiger partial charge in [0.2, 0.25) is 0 Å². The molecule has 0 saturated carbocycles. The number of benzene rings is 1. The summed E-state index contributed by atoms with van der Waals surface area (Å²) in [4.78, 5) is 0. The van der Waals surface area contributed by atoms with Crippen LogP contribution >= 0.6 is 0 Å². The van der Waals surface area contributed by atoms with Crippen molar-refractivity contribution in [1.82, 2.24) is 14.3 Å². The molecule has 6 heteroatoms. The van der Waals surface area contributed by atoms with E-state index in [1.807, 2.05) is 37.3 Å². The molecule has 5 nitrogen and oxygen atoms in total. The van der Waals surface area contributed by atoms with Gasteiger partial charge in [0, 0.05) is 19.6 Å². The lowest BCUT2D eigenvalue weighted by atomic mass is 10.0. The number of hydrogen-bond acceptors (Lipinski definition) is 3.